The summed E-state index contributed by atoms with van der Waals surface area (Å²) >= 11 is 0. The van der Waals surface area contributed by atoms with Crippen LogP contribution >= 0.6 is 0 Å². The Morgan fingerprint density at radius 3 is 2.11 bits per heavy atom. The van der Waals surface area contributed by atoms with Crippen LogP contribution in [0.15, 0.2) is 134 Å². The molecule has 226 valence electrons. The number of benzene rings is 5. The summed E-state index contributed by atoms with van der Waals surface area (Å²) < 4.78 is 22.5. The molecule has 0 atom stereocenters. The number of halogens is 1. The van der Waals surface area contributed by atoms with Crippen molar-refractivity contribution in [2.45, 2.75) is 26.2 Å². The lowest BCUT2D eigenvalue weighted by Gasteiger charge is -2.22. The molecule has 0 aliphatic carbocycles. The van der Waals surface area contributed by atoms with Gasteiger partial charge in [-0.25, -0.2) is 9.37 Å². The summed E-state index contributed by atoms with van der Waals surface area (Å²) in [5.41, 5.74) is 7.48. The molecule has 3 heterocycles. The molecule has 5 aromatic carbocycles. The van der Waals surface area contributed by atoms with E-state index in [1.54, 1.807) is 0 Å². The molecule has 0 spiro atoms. The molecule has 0 radical (unpaired) electrons. The zero-order valence-corrected chi connectivity index (χ0v) is 26.0. The molecule has 0 N–H and O–H groups in total. The van der Waals surface area contributed by atoms with Crippen molar-refractivity contribution < 1.29 is 9.13 Å². The van der Waals surface area contributed by atoms with Gasteiger partial charge in [0.15, 0.2) is 0 Å². The Labute approximate surface area is 267 Å². The Bertz CT molecular complexity index is 2230. The third-order valence-corrected chi connectivity index (χ3v) is 8.74. The first-order valence-corrected chi connectivity index (χ1v) is 15.5. The van der Waals surface area contributed by atoms with Gasteiger partial charge in [-0.15, -0.1) is 0 Å². The zero-order chi connectivity index (χ0) is 31.4. The number of pyridine rings is 1. The summed E-state index contributed by atoms with van der Waals surface area (Å²) in [6.45, 7) is 7.26. The van der Waals surface area contributed by atoms with Crippen LogP contribution in [0.1, 0.15) is 26.3 Å². The normalized spacial score (nSPS) is 13.0. The fourth-order valence-corrected chi connectivity index (χ4v) is 6.40. The van der Waals surface area contributed by atoms with E-state index < -0.39 is 0 Å². The van der Waals surface area contributed by atoms with E-state index in [-0.39, 0.29) is 11.2 Å². The van der Waals surface area contributed by atoms with Crippen LogP contribution in [0.25, 0.3) is 27.6 Å². The SMILES string of the molecule is CC(C)(C)c1ccnc(-n2c3ccccc3c3ccc(Oc4cccc(N5CN(c6ccc(F)cc6)c6ccccc65)c4)cc32)c1. The minimum absolute atomic E-state index is 0.00163. The average molecular weight is 605 g/mol. The van der Waals surface area contributed by atoms with Crippen molar-refractivity contribution in [1.29, 1.82) is 0 Å². The maximum atomic E-state index is 13.7. The van der Waals surface area contributed by atoms with E-state index in [1.165, 1.54) is 23.1 Å². The number of rotatable bonds is 5. The Kier molecular flexibility index (Phi) is 6.53. The highest BCUT2D eigenvalue weighted by Gasteiger charge is 2.28. The lowest BCUT2D eigenvalue weighted by Crippen LogP contribution is -2.23. The maximum absolute atomic E-state index is 13.7. The van der Waals surface area contributed by atoms with Crippen LogP contribution < -0.4 is 14.5 Å². The van der Waals surface area contributed by atoms with Gasteiger partial charge in [0.2, 0.25) is 0 Å². The molecule has 1 aliphatic heterocycles. The van der Waals surface area contributed by atoms with Crippen LogP contribution in [-0.2, 0) is 5.41 Å². The van der Waals surface area contributed by atoms with Gasteiger partial charge in [0, 0.05) is 40.5 Å². The molecule has 0 amide bonds. The van der Waals surface area contributed by atoms with E-state index in [0.29, 0.717) is 6.67 Å². The summed E-state index contributed by atoms with van der Waals surface area (Å²) in [5, 5.41) is 2.32. The first-order valence-electron chi connectivity index (χ1n) is 15.5. The number of aromatic nitrogens is 2. The molecule has 6 heteroatoms. The van der Waals surface area contributed by atoms with Gasteiger partial charge < -0.3 is 14.5 Å². The Balaban J connectivity index is 1.16. The van der Waals surface area contributed by atoms with Crippen molar-refractivity contribution in [1.82, 2.24) is 9.55 Å². The molecule has 0 unspecified atom stereocenters. The van der Waals surface area contributed by atoms with Crippen molar-refractivity contribution in [3.8, 4) is 17.3 Å². The first-order chi connectivity index (χ1) is 22.3. The number of anilines is 4. The molecule has 0 fully saturated rings. The van der Waals surface area contributed by atoms with E-state index in [9.17, 15) is 4.39 Å². The van der Waals surface area contributed by atoms with Crippen LogP contribution in [0.4, 0.5) is 27.1 Å². The minimum atomic E-state index is -0.244. The molecule has 0 saturated heterocycles. The molecule has 0 saturated carbocycles. The molecule has 7 aromatic rings. The van der Waals surface area contributed by atoms with E-state index in [1.807, 2.05) is 48.7 Å². The topological polar surface area (TPSA) is 33.5 Å². The molecular weight excluding hydrogens is 571 g/mol. The summed E-state index contributed by atoms with van der Waals surface area (Å²) in [5.74, 6) is 2.13. The second-order valence-corrected chi connectivity index (χ2v) is 12.7. The highest BCUT2D eigenvalue weighted by molar-refractivity contribution is 6.09. The van der Waals surface area contributed by atoms with Gasteiger partial charge in [-0.2, -0.15) is 0 Å². The van der Waals surface area contributed by atoms with Crippen molar-refractivity contribution in [3.05, 3.63) is 145 Å². The molecular formula is C40H33FN4O. The number of fused-ring (bicyclic) bond motifs is 4. The van der Waals surface area contributed by atoms with Gasteiger partial charge in [0.05, 0.1) is 22.4 Å². The van der Waals surface area contributed by atoms with Gasteiger partial charge in [-0.05, 0) is 89.8 Å². The van der Waals surface area contributed by atoms with Crippen molar-refractivity contribution in [2.75, 3.05) is 16.5 Å². The lowest BCUT2D eigenvalue weighted by atomic mass is 9.88. The van der Waals surface area contributed by atoms with Gasteiger partial charge in [0.25, 0.3) is 0 Å². The number of hydrogen-bond acceptors (Lipinski definition) is 4. The van der Waals surface area contributed by atoms with Gasteiger partial charge in [-0.3, -0.25) is 4.57 Å². The third kappa shape index (κ3) is 4.83. The van der Waals surface area contributed by atoms with Crippen LogP contribution in [0.2, 0.25) is 0 Å². The molecule has 0 bridgehead atoms. The Hall–Kier alpha value is -5.62. The summed E-state index contributed by atoms with van der Waals surface area (Å²) in [6.07, 6.45) is 1.90. The van der Waals surface area contributed by atoms with Crippen LogP contribution in [0, 0.1) is 5.82 Å². The highest BCUT2D eigenvalue weighted by Crippen LogP contribution is 2.45. The third-order valence-electron chi connectivity index (χ3n) is 8.74. The fraction of sp³-hybridized carbons (Fsp3) is 0.125. The lowest BCUT2D eigenvalue weighted by molar-refractivity contribution is 0.483. The number of ether oxygens (including phenoxy) is 1. The predicted molar refractivity (Wildman–Crippen MR) is 186 cm³/mol. The molecule has 1 aliphatic rings. The van der Waals surface area contributed by atoms with Crippen LogP contribution in [0.3, 0.4) is 0 Å². The highest BCUT2D eigenvalue weighted by atomic mass is 19.1. The van der Waals surface area contributed by atoms with Crippen molar-refractivity contribution in [2.24, 2.45) is 0 Å². The average Bonchev–Trinajstić information content (AvgIpc) is 3.61. The molecule has 46 heavy (non-hydrogen) atoms. The van der Waals surface area contributed by atoms with E-state index in [4.69, 9.17) is 9.72 Å². The molecule has 5 nitrogen and oxygen atoms in total. The van der Waals surface area contributed by atoms with Crippen LogP contribution in [-0.4, -0.2) is 16.2 Å². The van der Waals surface area contributed by atoms with Crippen LogP contribution in [0.5, 0.6) is 11.5 Å². The number of hydrogen-bond donors (Lipinski definition) is 0. The second kappa shape index (κ2) is 10.8. The fourth-order valence-electron chi connectivity index (χ4n) is 6.40. The molecule has 2 aromatic heterocycles. The predicted octanol–water partition coefficient (Wildman–Crippen LogP) is 10.7. The Morgan fingerprint density at radius 1 is 0.630 bits per heavy atom. The summed E-state index contributed by atoms with van der Waals surface area (Å²) in [7, 11) is 0. The minimum Gasteiger partial charge on any atom is -0.457 e. The van der Waals surface area contributed by atoms with E-state index in [2.05, 4.69) is 108 Å². The van der Waals surface area contributed by atoms with Crippen molar-refractivity contribution >= 4 is 44.6 Å². The van der Waals surface area contributed by atoms with Gasteiger partial charge in [-0.1, -0.05) is 57.2 Å². The zero-order valence-electron chi connectivity index (χ0n) is 26.0. The standard InChI is InChI=1S/C40H33FN4O/c1-40(2,3)27-21-22-42-39(23-27)45-35-12-5-4-11-33(35)34-20-19-32(25-38(34)45)46-31-10-8-9-30(24-31)44-26-43(29-17-15-28(41)16-18-29)36-13-6-7-14-37(36)44/h4-25H,26H2,1-3H3. The summed E-state index contributed by atoms with van der Waals surface area (Å²) in [6, 6.07) is 42.1. The summed E-state index contributed by atoms with van der Waals surface area (Å²) in [4.78, 5) is 9.25. The van der Waals surface area contributed by atoms with E-state index >= 15 is 0 Å². The van der Waals surface area contributed by atoms with E-state index in [0.717, 1.165) is 56.5 Å². The Morgan fingerprint density at radius 2 is 1.33 bits per heavy atom. The molecule has 8 rings (SSSR count). The smallest absolute Gasteiger partial charge is 0.137 e. The van der Waals surface area contributed by atoms with Gasteiger partial charge >= 0.3 is 0 Å². The second-order valence-electron chi connectivity index (χ2n) is 12.7. The number of para-hydroxylation sites is 3. The van der Waals surface area contributed by atoms with Gasteiger partial charge in [0.1, 0.15) is 29.8 Å². The monoisotopic (exact) mass is 604 g/mol. The number of nitrogens with zero attached hydrogens (tertiary/aromatic N) is 4. The maximum Gasteiger partial charge on any atom is 0.137 e. The first kappa shape index (κ1) is 27.9. The quantitative estimate of drug-likeness (QED) is 0.196. The van der Waals surface area contributed by atoms with Crippen molar-refractivity contribution in [3.63, 3.8) is 0 Å². The largest absolute Gasteiger partial charge is 0.457 e.